The Bertz CT molecular complexity index is 622. The maximum Gasteiger partial charge on any atom is 0.220 e. The van der Waals surface area contributed by atoms with Crippen molar-refractivity contribution in [1.82, 2.24) is 5.32 Å². The zero-order chi connectivity index (χ0) is 33.6. The van der Waals surface area contributed by atoms with Crippen molar-refractivity contribution in [2.75, 3.05) is 6.61 Å². The van der Waals surface area contributed by atoms with Crippen molar-refractivity contribution in [1.29, 1.82) is 0 Å². The van der Waals surface area contributed by atoms with Gasteiger partial charge in [-0.2, -0.15) is 0 Å². The van der Waals surface area contributed by atoms with Crippen LogP contribution in [0.5, 0.6) is 0 Å². The minimum absolute atomic E-state index is 0.0345. The first-order chi connectivity index (χ1) is 22.7. The summed E-state index contributed by atoms with van der Waals surface area (Å²) in [6.07, 6.45) is 47.0. The van der Waals surface area contributed by atoms with E-state index in [9.17, 15) is 15.0 Å². The maximum atomic E-state index is 12.4. The Balaban J connectivity index is 3.50. The number of carbonyl (C=O) groups is 1. The van der Waals surface area contributed by atoms with E-state index >= 15 is 0 Å². The molecule has 0 spiro atoms. The molecule has 0 aromatic rings. The molecule has 0 saturated heterocycles. The molecule has 0 aromatic heterocycles. The molecule has 2 atom stereocenters. The van der Waals surface area contributed by atoms with Gasteiger partial charge < -0.3 is 15.5 Å². The molecule has 4 heteroatoms. The van der Waals surface area contributed by atoms with E-state index in [1.165, 1.54) is 180 Å². The molecule has 0 rings (SSSR count). The highest BCUT2D eigenvalue weighted by molar-refractivity contribution is 5.76. The van der Waals surface area contributed by atoms with Crippen LogP contribution in [0.1, 0.15) is 232 Å². The van der Waals surface area contributed by atoms with Crippen molar-refractivity contribution in [3.05, 3.63) is 12.2 Å². The third-order valence-electron chi connectivity index (χ3n) is 9.78. The van der Waals surface area contributed by atoms with E-state index in [0.717, 1.165) is 25.7 Å². The molecule has 3 N–H and O–H groups in total. The summed E-state index contributed by atoms with van der Waals surface area (Å²) in [5.41, 5.74) is 0. The quantitative estimate of drug-likeness (QED) is 0.0460. The first kappa shape index (κ1) is 45.1. The first-order valence-corrected chi connectivity index (χ1v) is 20.9. The van der Waals surface area contributed by atoms with Crippen LogP contribution in [0, 0.1) is 0 Å². The Morgan fingerprint density at radius 2 is 0.826 bits per heavy atom. The first-order valence-electron chi connectivity index (χ1n) is 20.9. The highest BCUT2D eigenvalue weighted by Crippen LogP contribution is 2.16. The molecule has 0 aliphatic carbocycles. The van der Waals surface area contributed by atoms with Gasteiger partial charge in [-0.3, -0.25) is 4.79 Å². The normalized spacial score (nSPS) is 13.0. The fraction of sp³-hybridized carbons (Fsp3) is 0.929. The van der Waals surface area contributed by atoms with Crippen LogP contribution in [-0.2, 0) is 4.79 Å². The minimum atomic E-state index is -0.657. The van der Waals surface area contributed by atoms with Gasteiger partial charge in [-0.1, -0.05) is 199 Å². The van der Waals surface area contributed by atoms with Gasteiger partial charge >= 0.3 is 0 Å². The van der Waals surface area contributed by atoms with Crippen molar-refractivity contribution in [2.45, 2.75) is 244 Å². The largest absolute Gasteiger partial charge is 0.394 e. The Hall–Kier alpha value is -0.870. The number of carbonyl (C=O) groups excluding carboxylic acids is 1. The van der Waals surface area contributed by atoms with Gasteiger partial charge in [-0.05, 0) is 38.5 Å². The van der Waals surface area contributed by atoms with E-state index in [0.29, 0.717) is 12.8 Å². The highest BCUT2D eigenvalue weighted by Gasteiger charge is 2.19. The standard InChI is InChI=1S/C42H83NO3/c1-3-5-7-9-11-13-15-17-19-20-21-22-24-25-27-29-31-33-35-37-41(45)40(39-44)43-42(46)38-36-34-32-30-28-26-23-18-16-14-12-10-8-6-4-2/h14,16,40-41,44-45H,3-13,15,17-39H2,1-2H3,(H,43,46)/b16-14-. The molecule has 274 valence electrons. The van der Waals surface area contributed by atoms with E-state index in [-0.39, 0.29) is 12.5 Å². The summed E-state index contributed by atoms with van der Waals surface area (Å²) in [5.74, 6) is -0.0345. The lowest BCUT2D eigenvalue weighted by Gasteiger charge is -2.22. The summed E-state index contributed by atoms with van der Waals surface area (Å²) in [6, 6.07) is -0.534. The van der Waals surface area contributed by atoms with Gasteiger partial charge in [0.25, 0.3) is 0 Å². The minimum Gasteiger partial charge on any atom is -0.394 e. The molecule has 0 aromatic carbocycles. The Kier molecular flexibility index (Phi) is 37.8. The van der Waals surface area contributed by atoms with E-state index in [1.54, 1.807) is 0 Å². The van der Waals surface area contributed by atoms with Crippen LogP contribution in [0.2, 0.25) is 0 Å². The van der Waals surface area contributed by atoms with Crippen LogP contribution >= 0.6 is 0 Å². The van der Waals surface area contributed by atoms with Gasteiger partial charge in [0.1, 0.15) is 0 Å². The molecule has 0 radical (unpaired) electrons. The van der Waals surface area contributed by atoms with Gasteiger partial charge in [0.15, 0.2) is 0 Å². The molecule has 46 heavy (non-hydrogen) atoms. The topological polar surface area (TPSA) is 69.6 Å². The number of hydrogen-bond acceptors (Lipinski definition) is 3. The third-order valence-corrected chi connectivity index (χ3v) is 9.78. The van der Waals surface area contributed by atoms with Gasteiger partial charge in [-0.25, -0.2) is 0 Å². The predicted molar refractivity (Wildman–Crippen MR) is 202 cm³/mol. The van der Waals surface area contributed by atoms with Crippen molar-refractivity contribution < 1.29 is 15.0 Å². The molecule has 0 heterocycles. The van der Waals surface area contributed by atoms with E-state index < -0.39 is 12.1 Å². The molecule has 4 nitrogen and oxygen atoms in total. The number of unbranched alkanes of at least 4 members (excludes halogenated alkanes) is 29. The van der Waals surface area contributed by atoms with Crippen molar-refractivity contribution in [3.8, 4) is 0 Å². The van der Waals surface area contributed by atoms with E-state index in [1.807, 2.05) is 0 Å². The molecular formula is C42H83NO3. The second-order valence-corrected chi connectivity index (χ2v) is 14.4. The lowest BCUT2D eigenvalue weighted by Crippen LogP contribution is -2.45. The second kappa shape index (κ2) is 38.6. The molecule has 0 saturated carbocycles. The fourth-order valence-corrected chi connectivity index (χ4v) is 6.53. The predicted octanol–water partition coefficient (Wildman–Crippen LogP) is 12.7. The summed E-state index contributed by atoms with van der Waals surface area (Å²) >= 11 is 0. The van der Waals surface area contributed by atoms with Gasteiger partial charge in [0, 0.05) is 6.42 Å². The van der Waals surface area contributed by atoms with Crippen LogP contribution in [0.4, 0.5) is 0 Å². The van der Waals surface area contributed by atoms with Crippen LogP contribution in [-0.4, -0.2) is 34.9 Å². The number of rotatable bonds is 38. The third kappa shape index (κ3) is 34.5. The Labute approximate surface area is 288 Å². The molecule has 0 fully saturated rings. The Morgan fingerprint density at radius 3 is 1.22 bits per heavy atom. The van der Waals surface area contributed by atoms with Gasteiger partial charge in [-0.15, -0.1) is 0 Å². The smallest absolute Gasteiger partial charge is 0.220 e. The number of hydrogen-bond donors (Lipinski definition) is 3. The van der Waals surface area contributed by atoms with Crippen LogP contribution in [0.15, 0.2) is 12.2 Å². The fourth-order valence-electron chi connectivity index (χ4n) is 6.53. The number of aliphatic hydroxyl groups is 2. The van der Waals surface area contributed by atoms with Gasteiger partial charge in [0.05, 0.1) is 18.8 Å². The molecule has 1 amide bonds. The molecular weight excluding hydrogens is 566 g/mol. The average Bonchev–Trinajstić information content (AvgIpc) is 3.06. The summed E-state index contributed by atoms with van der Waals surface area (Å²) in [6.45, 7) is 4.35. The van der Waals surface area contributed by atoms with Gasteiger partial charge in [0.2, 0.25) is 5.91 Å². The van der Waals surface area contributed by atoms with Crippen molar-refractivity contribution in [2.24, 2.45) is 0 Å². The summed E-state index contributed by atoms with van der Waals surface area (Å²) in [5, 5.41) is 23.1. The SMILES string of the molecule is CCCCCC/C=C\CCCCCCCCCC(=O)NC(CO)C(O)CCCCCCCCCCCCCCCCCCCCC. The lowest BCUT2D eigenvalue weighted by atomic mass is 10.0. The summed E-state index contributed by atoms with van der Waals surface area (Å²) in [4.78, 5) is 12.4. The lowest BCUT2D eigenvalue weighted by molar-refractivity contribution is -0.123. The van der Waals surface area contributed by atoms with E-state index in [2.05, 4.69) is 31.3 Å². The van der Waals surface area contributed by atoms with Crippen LogP contribution in [0.3, 0.4) is 0 Å². The van der Waals surface area contributed by atoms with Crippen LogP contribution in [0.25, 0.3) is 0 Å². The summed E-state index contributed by atoms with van der Waals surface area (Å²) in [7, 11) is 0. The number of aliphatic hydroxyl groups excluding tert-OH is 2. The van der Waals surface area contributed by atoms with Crippen molar-refractivity contribution in [3.63, 3.8) is 0 Å². The zero-order valence-electron chi connectivity index (χ0n) is 31.4. The zero-order valence-corrected chi connectivity index (χ0v) is 31.4. The summed E-state index contributed by atoms with van der Waals surface area (Å²) < 4.78 is 0. The van der Waals surface area contributed by atoms with Crippen LogP contribution < -0.4 is 5.32 Å². The molecule has 0 aliphatic heterocycles. The monoisotopic (exact) mass is 650 g/mol. The number of amides is 1. The molecule has 2 unspecified atom stereocenters. The van der Waals surface area contributed by atoms with E-state index in [4.69, 9.17) is 0 Å². The molecule has 0 bridgehead atoms. The number of allylic oxidation sites excluding steroid dienone is 2. The second-order valence-electron chi connectivity index (χ2n) is 14.4. The molecule has 0 aliphatic rings. The van der Waals surface area contributed by atoms with Crippen molar-refractivity contribution >= 4 is 5.91 Å². The highest BCUT2D eigenvalue weighted by atomic mass is 16.3. The Morgan fingerprint density at radius 1 is 0.500 bits per heavy atom. The average molecular weight is 650 g/mol. The maximum absolute atomic E-state index is 12.4. The number of nitrogens with one attached hydrogen (secondary N) is 1.